The number of esters is 1. The smallest absolute Gasteiger partial charge is 0.329 e. The van der Waals surface area contributed by atoms with Gasteiger partial charge in [0.1, 0.15) is 66.6 Å². The Morgan fingerprint density at radius 3 is 2.02 bits per heavy atom. The molecule has 6 unspecified atom stereocenters. The van der Waals surface area contributed by atoms with Gasteiger partial charge in [0.2, 0.25) is 65.0 Å². The summed E-state index contributed by atoms with van der Waals surface area (Å²) in [6, 6.07) is -13.0. The van der Waals surface area contributed by atoms with E-state index < -0.39 is 205 Å². The number of cyclic esters (lactones) is 1. The molecule has 2 aliphatic heterocycles. The third-order valence-electron chi connectivity index (χ3n) is 17.5. The number of carbonyl (C=O) groups is 13. The molecule has 1 aromatic carbocycles. The van der Waals surface area contributed by atoms with Crippen molar-refractivity contribution in [1.29, 1.82) is 0 Å². The van der Waals surface area contributed by atoms with Crippen LogP contribution in [0.4, 0.5) is 0 Å². The first-order valence-electron chi connectivity index (χ1n) is 33.1. The van der Waals surface area contributed by atoms with Crippen molar-refractivity contribution in [2.24, 2.45) is 35.1 Å². The van der Waals surface area contributed by atoms with Crippen LogP contribution in [0.5, 0.6) is 11.5 Å². The largest absolute Gasteiger partial charge is 0.504 e. The number of benzene rings is 1. The van der Waals surface area contributed by atoms with Gasteiger partial charge in [-0.15, -0.1) is 0 Å². The lowest BCUT2D eigenvalue weighted by Gasteiger charge is -2.39. The zero-order valence-corrected chi connectivity index (χ0v) is 59.5. The van der Waals surface area contributed by atoms with Crippen LogP contribution < -0.4 is 64.1 Å². The van der Waals surface area contributed by atoms with Crippen LogP contribution in [0.3, 0.4) is 0 Å². The monoisotopic (exact) mass is 1420 g/mol. The Kier molecular flexibility index (Phi) is 33.5. The van der Waals surface area contributed by atoms with Crippen molar-refractivity contribution in [3.8, 4) is 11.5 Å². The average Bonchev–Trinajstić information content (AvgIpc) is 0.804. The summed E-state index contributed by atoms with van der Waals surface area (Å²) < 4.78 is 16.8. The van der Waals surface area contributed by atoms with Gasteiger partial charge in [0.25, 0.3) is 5.91 Å². The van der Waals surface area contributed by atoms with Crippen LogP contribution in [-0.4, -0.2) is 250 Å². The fourth-order valence-electron chi connectivity index (χ4n) is 11.0. The molecule has 12 amide bonds. The van der Waals surface area contributed by atoms with E-state index in [0.717, 1.165) is 42.8 Å². The highest BCUT2D eigenvalue weighted by atomic mass is 16.5. The van der Waals surface area contributed by atoms with Crippen LogP contribution in [0.2, 0.25) is 0 Å². The summed E-state index contributed by atoms with van der Waals surface area (Å²) in [4.78, 5) is 186. The van der Waals surface area contributed by atoms with E-state index in [4.69, 9.17) is 25.7 Å². The summed E-state index contributed by atoms with van der Waals surface area (Å²) in [6.45, 7) is 14.7. The highest BCUT2D eigenvalue weighted by molar-refractivity contribution is 6.00. The number of nitrogens with two attached hydrogens (primary N) is 2. The number of primary amides is 1. The Morgan fingerprint density at radius 2 is 1.45 bits per heavy atom. The lowest BCUT2D eigenvalue weighted by atomic mass is 9.87. The van der Waals surface area contributed by atoms with E-state index in [1.807, 2.05) is 19.9 Å². The molecular formula is C66H105N13O21. The molecule has 3 rings (SSSR count). The van der Waals surface area contributed by atoms with E-state index in [1.165, 1.54) is 93.0 Å². The van der Waals surface area contributed by atoms with Crippen molar-refractivity contribution in [3.63, 3.8) is 0 Å². The lowest BCUT2D eigenvalue weighted by Crippen LogP contribution is -2.66. The van der Waals surface area contributed by atoms with E-state index >= 15 is 19.2 Å². The molecule has 34 nitrogen and oxygen atoms in total. The number of fused-ring (bicyclic) bond motifs is 1. The van der Waals surface area contributed by atoms with E-state index in [-0.39, 0.29) is 36.8 Å². The van der Waals surface area contributed by atoms with Gasteiger partial charge in [-0.3, -0.25) is 57.5 Å². The predicted octanol–water partition coefficient (Wildman–Crippen LogP) is -4.45. The maximum atomic E-state index is 15.2. The van der Waals surface area contributed by atoms with Crippen molar-refractivity contribution in [2.75, 3.05) is 47.5 Å². The van der Waals surface area contributed by atoms with Crippen LogP contribution >= 0.6 is 0 Å². The number of phenolic OH excluding ortho intramolecular Hbond substituents is 1. The van der Waals surface area contributed by atoms with Gasteiger partial charge < -0.3 is 109 Å². The number of hydrogen-bond acceptors (Lipinski definition) is 22. The number of rotatable bonds is 27. The van der Waals surface area contributed by atoms with Gasteiger partial charge in [-0.1, -0.05) is 77.8 Å². The number of ether oxygens (including phenoxy) is 3. The summed E-state index contributed by atoms with van der Waals surface area (Å²) >= 11 is 0. The maximum Gasteiger partial charge on any atom is 0.329 e. The van der Waals surface area contributed by atoms with Crippen LogP contribution in [0, 0.1) is 23.7 Å². The highest BCUT2D eigenvalue weighted by Gasteiger charge is 2.46. The first kappa shape index (κ1) is 85.4. The normalized spacial score (nSPS) is 24.1. The number of hydrogen-bond donors (Lipinski definition) is 16. The Balaban J connectivity index is 2.18. The maximum absolute atomic E-state index is 15.2. The average molecular weight is 1420 g/mol. The third-order valence-corrected chi connectivity index (χ3v) is 17.5. The minimum Gasteiger partial charge on any atom is -0.504 e. The van der Waals surface area contributed by atoms with Crippen LogP contribution in [0.15, 0.2) is 42.0 Å². The van der Waals surface area contributed by atoms with Gasteiger partial charge in [-0.2, -0.15) is 0 Å². The van der Waals surface area contributed by atoms with Gasteiger partial charge in [0, 0.05) is 39.1 Å². The molecule has 560 valence electrons. The number of carbonyl (C=O) groups excluding carboxylic acids is 13. The molecular weight excluding hydrogens is 1310 g/mol. The minimum absolute atomic E-state index is 0.00914. The zero-order chi connectivity index (χ0) is 76.0. The number of nitrogens with one attached hydrogen (secondary N) is 9. The van der Waals surface area contributed by atoms with E-state index in [2.05, 4.69) is 47.9 Å². The molecule has 0 aliphatic carbocycles. The Labute approximate surface area is 581 Å². The number of phenols is 1. The number of nitrogens with zero attached hydrogens (tertiary/aromatic N) is 2. The molecule has 100 heavy (non-hydrogen) atoms. The minimum atomic E-state index is -2.46. The molecule has 18 N–H and O–H groups in total. The number of aromatic hydroxyl groups is 1. The SMILES string of the molecule is CCC(C)/C=C(C)/C=C\C(O)C(C)(O)C(=O)NCC(=O)N[C@@H](C(=O)N[C@H](C(=O)N[C@H](C(=O)N[C@H]1C(=O)NC(COC)C(=O)NCC(=O)N[C@@H](C)C(=O)N(C)C([C@H](C)O)C(=O)N[C@@H](Cc2ccc(O)c(OC)c2)C(=O)N2CCCC[C@H]2C(=O)OC1C(C)C)[C@@H](C)[C@@H](C)C(N)=O)[C@H](C)N)[C@H](C)O. The van der Waals surface area contributed by atoms with Gasteiger partial charge in [0.15, 0.2) is 17.1 Å². The molecule has 2 fully saturated rings. The third kappa shape index (κ3) is 24.2. The number of piperidine rings is 1. The number of allylic oxidation sites excluding steroid dienone is 3. The first-order valence-corrected chi connectivity index (χ1v) is 33.1. The Morgan fingerprint density at radius 1 is 0.830 bits per heavy atom. The molecule has 2 heterocycles. The molecule has 2 saturated heterocycles. The number of aliphatic hydroxyl groups excluding tert-OH is 3. The second-order valence-corrected chi connectivity index (χ2v) is 26.2. The zero-order valence-electron chi connectivity index (χ0n) is 59.5. The van der Waals surface area contributed by atoms with Crippen LogP contribution in [0.25, 0.3) is 0 Å². The van der Waals surface area contributed by atoms with E-state index in [1.54, 1.807) is 6.92 Å². The molecule has 0 bridgehead atoms. The quantitative estimate of drug-likeness (QED) is 0.0292. The molecule has 1 aromatic rings. The van der Waals surface area contributed by atoms with Crippen molar-refractivity contribution in [3.05, 3.63) is 47.6 Å². The Hall–Kier alpha value is -8.83. The van der Waals surface area contributed by atoms with Crippen molar-refractivity contribution < 1.29 is 102 Å². The molecule has 0 saturated carbocycles. The Bertz CT molecular complexity index is 3140. The summed E-state index contributed by atoms with van der Waals surface area (Å²) in [5.41, 5.74) is 10.6. The van der Waals surface area contributed by atoms with Gasteiger partial charge in [-0.25, -0.2) is 4.79 Å². The second kappa shape index (κ2) is 39.2. The number of methoxy groups -OCH3 is 2. The van der Waals surface area contributed by atoms with Gasteiger partial charge >= 0.3 is 5.97 Å². The predicted molar refractivity (Wildman–Crippen MR) is 360 cm³/mol. The van der Waals surface area contributed by atoms with E-state index in [0.29, 0.717) is 18.4 Å². The molecule has 0 spiro atoms. The summed E-state index contributed by atoms with van der Waals surface area (Å²) in [7, 11) is 3.61. The van der Waals surface area contributed by atoms with Gasteiger partial charge in [-0.05, 0) is 96.3 Å². The molecule has 0 aromatic heterocycles. The van der Waals surface area contributed by atoms with Gasteiger partial charge in [0.05, 0.1) is 39.0 Å². The molecule has 34 heteroatoms. The number of likely N-dealkylation sites (N-methyl/N-ethyl adjacent to an activating group) is 1. The summed E-state index contributed by atoms with van der Waals surface area (Å²) in [5, 5.41) is 75.4. The van der Waals surface area contributed by atoms with Crippen molar-refractivity contribution in [2.45, 2.75) is 206 Å². The highest BCUT2D eigenvalue weighted by Crippen LogP contribution is 2.29. The molecule has 18 atom stereocenters. The van der Waals surface area contributed by atoms with E-state index in [9.17, 15) is 68.7 Å². The fraction of sp³-hybridized carbons (Fsp3) is 0.652. The summed E-state index contributed by atoms with van der Waals surface area (Å²) in [6.07, 6.45) is -1.15. The van der Waals surface area contributed by atoms with Crippen molar-refractivity contribution >= 4 is 76.9 Å². The lowest BCUT2D eigenvalue weighted by molar-refractivity contribution is -0.167. The number of amides is 12. The second-order valence-electron chi connectivity index (χ2n) is 26.2. The molecule has 0 radical (unpaired) electrons. The van der Waals surface area contributed by atoms with Crippen LogP contribution in [-0.2, 0) is 78.2 Å². The number of aliphatic hydroxyl groups is 4. The standard InChI is InChI=1S/C66H105N13O21/c1-16-32(4)25-33(5)20-23-46(83)66(12,97)65(96)70-29-48(85)74-51(38(10)80)59(90)76-50(36(8)67)58(89)75-49(34(6)35(7)55(68)86)57(88)77-52-54(31(2)3)100-64(95)43-19-17-18-24-79(43)63(94)41(26-40-21-22-44(82)45(27-40)99-15)72-61(92)53(39(11)81)78(13)62(93)37(9)71-47(84)28-69-56(87)42(30-98-14)73-60(52)91/h20-23,25,27,31-32,34-39,41-43,46,49-54,80-83,97H,16-19,24,26,28-30,67H2,1-15H3,(H2,68,86)(H,69,87)(H,70,96)(H,71,84)(H,72,92)(H,73,91)(H,74,85)(H,75,89)(H,76,90)(H,77,88)/b23-20-,33-25+/t32?,34-,35+,36-,37-,38-,39-,41-,42?,43-,46?,49-,50-,51+,52+,53?,54?,66?/m0/s1. The topological polar surface area (TPSA) is 518 Å². The fourth-order valence-corrected chi connectivity index (χ4v) is 11.0. The van der Waals surface area contributed by atoms with Crippen LogP contribution in [0.1, 0.15) is 114 Å². The van der Waals surface area contributed by atoms with Crippen molar-refractivity contribution in [1.82, 2.24) is 57.7 Å². The molecule has 2 aliphatic rings. The first-order chi connectivity index (χ1) is 46.6. The summed E-state index contributed by atoms with van der Waals surface area (Å²) in [5.74, 6) is -18.0.